The molecule has 0 aromatic carbocycles. The molecule has 0 radical (unpaired) electrons. The van der Waals surface area contributed by atoms with Crippen LogP contribution in [0.4, 0.5) is 9.93 Å². The second-order valence-electron chi connectivity index (χ2n) is 5.33. The zero-order chi connectivity index (χ0) is 16.0. The van der Waals surface area contributed by atoms with Gasteiger partial charge in [-0.3, -0.25) is 10.3 Å². The molecule has 22 heavy (non-hydrogen) atoms. The van der Waals surface area contributed by atoms with Crippen molar-refractivity contribution in [2.45, 2.75) is 32.2 Å². The maximum Gasteiger partial charge on any atom is 0.321 e. The van der Waals surface area contributed by atoms with E-state index in [1.54, 1.807) is 12.4 Å². The van der Waals surface area contributed by atoms with Gasteiger partial charge in [-0.2, -0.15) is 0 Å². The average molecular weight is 320 g/mol. The molecule has 0 spiro atoms. The molecule has 0 aliphatic rings. The Morgan fingerprint density at radius 2 is 2.32 bits per heavy atom. The first-order valence-electron chi connectivity index (χ1n) is 7.12. The summed E-state index contributed by atoms with van der Waals surface area (Å²) in [6.07, 6.45) is 5.00. The SMILES string of the molecule is CCC[C@@](C)(CO)NC(=O)Nc1nc(-c2cccnc2)cs1. The van der Waals surface area contributed by atoms with Crippen molar-refractivity contribution in [2.24, 2.45) is 0 Å². The number of pyridine rings is 1. The molecule has 0 bridgehead atoms. The van der Waals surface area contributed by atoms with E-state index < -0.39 is 5.54 Å². The van der Waals surface area contributed by atoms with Gasteiger partial charge in [0, 0.05) is 23.3 Å². The second-order valence-corrected chi connectivity index (χ2v) is 6.19. The number of aromatic nitrogens is 2. The smallest absolute Gasteiger partial charge is 0.321 e. The summed E-state index contributed by atoms with van der Waals surface area (Å²) >= 11 is 1.35. The normalized spacial score (nSPS) is 13.4. The Labute approximate surface area is 133 Å². The predicted molar refractivity (Wildman–Crippen MR) is 87.9 cm³/mol. The Balaban J connectivity index is 1.99. The summed E-state index contributed by atoms with van der Waals surface area (Å²) in [5.74, 6) is 0. The number of nitrogens with one attached hydrogen (secondary N) is 2. The fraction of sp³-hybridized carbons (Fsp3) is 0.400. The minimum Gasteiger partial charge on any atom is -0.394 e. The van der Waals surface area contributed by atoms with Crippen LogP contribution < -0.4 is 10.6 Å². The molecule has 0 aliphatic carbocycles. The number of thiazole rings is 1. The molecule has 7 heteroatoms. The van der Waals surface area contributed by atoms with E-state index in [-0.39, 0.29) is 12.6 Å². The number of anilines is 1. The molecule has 6 nitrogen and oxygen atoms in total. The molecule has 118 valence electrons. The lowest BCUT2D eigenvalue weighted by atomic mass is 9.98. The molecule has 0 fully saturated rings. The van der Waals surface area contributed by atoms with Gasteiger partial charge in [0.05, 0.1) is 17.8 Å². The summed E-state index contributed by atoms with van der Waals surface area (Å²) in [5.41, 5.74) is 1.05. The van der Waals surface area contributed by atoms with E-state index in [1.165, 1.54) is 11.3 Å². The fourth-order valence-corrected chi connectivity index (χ4v) is 2.83. The van der Waals surface area contributed by atoms with E-state index in [4.69, 9.17) is 0 Å². The van der Waals surface area contributed by atoms with Crippen LogP contribution in [-0.4, -0.2) is 33.3 Å². The van der Waals surface area contributed by atoms with Crippen molar-refractivity contribution < 1.29 is 9.90 Å². The molecule has 2 rings (SSSR count). The third-order valence-electron chi connectivity index (χ3n) is 3.25. The monoisotopic (exact) mass is 320 g/mol. The predicted octanol–water partition coefficient (Wildman–Crippen LogP) is 2.88. The van der Waals surface area contributed by atoms with Crippen molar-refractivity contribution in [3.8, 4) is 11.3 Å². The minimum absolute atomic E-state index is 0.104. The Kier molecular flexibility index (Phi) is 5.46. The number of urea groups is 1. The van der Waals surface area contributed by atoms with Gasteiger partial charge in [0.1, 0.15) is 0 Å². The number of nitrogens with zero attached hydrogens (tertiary/aromatic N) is 2. The summed E-state index contributed by atoms with van der Waals surface area (Å²) in [6.45, 7) is 3.72. The third kappa shape index (κ3) is 4.25. The van der Waals surface area contributed by atoms with Crippen LogP contribution in [0.1, 0.15) is 26.7 Å². The zero-order valence-electron chi connectivity index (χ0n) is 12.7. The van der Waals surface area contributed by atoms with Crippen LogP contribution in [0, 0.1) is 0 Å². The molecule has 2 aromatic rings. The van der Waals surface area contributed by atoms with E-state index in [0.717, 1.165) is 17.7 Å². The lowest BCUT2D eigenvalue weighted by molar-refractivity contribution is 0.167. The standard InChI is InChI=1S/C15H20N4O2S/c1-3-6-15(2,10-20)19-13(21)18-14-17-12(9-22-14)11-5-4-7-16-8-11/h4-5,7-9,20H,3,6,10H2,1-2H3,(H2,17,18,19,21)/t15-/m0/s1. The minimum atomic E-state index is -0.623. The van der Waals surface area contributed by atoms with Gasteiger partial charge in [-0.05, 0) is 25.5 Å². The molecule has 2 heterocycles. The molecule has 0 saturated carbocycles. The van der Waals surface area contributed by atoms with Gasteiger partial charge >= 0.3 is 6.03 Å². The number of aliphatic hydroxyl groups excluding tert-OH is 1. The van der Waals surface area contributed by atoms with E-state index >= 15 is 0 Å². The number of carbonyl (C=O) groups excluding carboxylic acids is 1. The van der Waals surface area contributed by atoms with Crippen molar-refractivity contribution in [3.05, 3.63) is 29.9 Å². The summed E-state index contributed by atoms with van der Waals surface area (Å²) in [7, 11) is 0. The number of hydrogen-bond acceptors (Lipinski definition) is 5. The first kappa shape index (κ1) is 16.4. The van der Waals surface area contributed by atoms with E-state index in [0.29, 0.717) is 11.6 Å². The molecular formula is C15H20N4O2S. The molecule has 2 aromatic heterocycles. The maximum atomic E-state index is 12.0. The van der Waals surface area contributed by atoms with Crippen LogP contribution in [-0.2, 0) is 0 Å². The first-order valence-corrected chi connectivity index (χ1v) is 8.00. The van der Waals surface area contributed by atoms with Gasteiger partial charge in [0.15, 0.2) is 5.13 Å². The largest absolute Gasteiger partial charge is 0.394 e. The lowest BCUT2D eigenvalue weighted by Gasteiger charge is -2.28. The van der Waals surface area contributed by atoms with E-state index in [9.17, 15) is 9.90 Å². The van der Waals surface area contributed by atoms with Crippen molar-refractivity contribution in [2.75, 3.05) is 11.9 Å². The van der Waals surface area contributed by atoms with Crippen LogP contribution in [0.3, 0.4) is 0 Å². The number of aliphatic hydroxyl groups is 1. The Morgan fingerprint density at radius 1 is 1.50 bits per heavy atom. The highest BCUT2D eigenvalue weighted by atomic mass is 32.1. The molecule has 3 N–H and O–H groups in total. The van der Waals surface area contributed by atoms with Gasteiger partial charge in [0.2, 0.25) is 0 Å². The molecular weight excluding hydrogens is 300 g/mol. The lowest BCUT2D eigenvalue weighted by Crippen LogP contribution is -2.50. The van der Waals surface area contributed by atoms with E-state index in [1.807, 2.05) is 31.4 Å². The number of hydrogen-bond donors (Lipinski definition) is 3. The molecule has 2 amide bonds. The highest BCUT2D eigenvalue weighted by Crippen LogP contribution is 2.24. The number of carbonyl (C=O) groups is 1. The van der Waals surface area contributed by atoms with Gasteiger partial charge in [-0.15, -0.1) is 11.3 Å². The number of rotatable bonds is 6. The van der Waals surface area contributed by atoms with Crippen molar-refractivity contribution >= 4 is 22.5 Å². The third-order valence-corrected chi connectivity index (χ3v) is 4.01. The average Bonchev–Trinajstić information content (AvgIpc) is 2.96. The van der Waals surface area contributed by atoms with Gasteiger partial charge in [-0.25, -0.2) is 9.78 Å². The Bertz CT molecular complexity index is 617. The van der Waals surface area contributed by atoms with Crippen LogP contribution >= 0.6 is 11.3 Å². The van der Waals surface area contributed by atoms with Crippen molar-refractivity contribution in [1.29, 1.82) is 0 Å². The second kappa shape index (κ2) is 7.33. The van der Waals surface area contributed by atoms with Crippen LogP contribution in [0.25, 0.3) is 11.3 Å². The summed E-state index contributed by atoms with van der Waals surface area (Å²) < 4.78 is 0. The molecule has 1 atom stereocenters. The van der Waals surface area contributed by atoms with Crippen LogP contribution in [0.5, 0.6) is 0 Å². The van der Waals surface area contributed by atoms with Crippen molar-refractivity contribution in [1.82, 2.24) is 15.3 Å². The van der Waals surface area contributed by atoms with Crippen molar-refractivity contribution in [3.63, 3.8) is 0 Å². The van der Waals surface area contributed by atoms with Gasteiger partial charge < -0.3 is 10.4 Å². The molecule has 0 unspecified atom stereocenters. The Morgan fingerprint density at radius 3 is 2.95 bits per heavy atom. The van der Waals surface area contributed by atoms with Gasteiger partial charge in [0.25, 0.3) is 0 Å². The highest BCUT2D eigenvalue weighted by molar-refractivity contribution is 7.14. The maximum absolute atomic E-state index is 12.0. The summed E-state index contributed by atoms with van der Waals surface area (Å²) in [5, 5.41) is 17.3. The number of amides is 2. The molecule has 0 saturated heterocycles. The Hall–Kier alpha value is -1.99. The fourth-order valence-electron chi connectivity index (χ4n) is 2.11. The van der Waals surface area contributed by atoms with Crippen LogP contribution in [0.15, 0.2) is 29.9 Å². The zero-order valence-corrected chi connectivity index (χ0v) is 13.5. The van der Waals surface area contributed by atoms with Crippen LogP contribution in [0.2, 0.25) is 0 Å². The van der Waals surface area contributed by atoms with E-state index in [2.05, 4.69) is 20.6 Å². The van der Waals surface area contributed by atoms with Gasteiger partial charge in [-0.1, -0.05) is 13.3 Å². The molecule has 0 aliphatic heterocycles. The topological polar surface area (TPSA) is 87.1 Å². The first-order chi connectivity index (χ1) is 10.6. The highest BCUT2D eigenvalue weighted by Gasteiger charge is 2.24. The summed E-state index contributed by atoms with van der Waals surface area (Å²) in [6, 6.07) is 3.39. The quantitative estimate of drug-likeness (QED) is 0.764. The summed E-state index contributed by atoms with van der Waals surface area (Å²) in [4.78, 5) is 20.4.